The van der Waals surface area contributed by atoms with Crippen molar-refractivity contribution in [3.63, 3.8) is 0 Å². The van der Waals surface area contributed by atoms with Gasteiger partial charge in [0.1, 0.15) is 11.5 Å². The van der Waals surface area contributed by atoms with Crippen molar-refractivity contribution in [2.24, 2.45) is 0 Å². The number of allylic oxidation sites excluding steroid dienone is 1. The highest BCUT2D eigenvalue weighted by Gasteiger charge is 2.21. The third-order valence-electron chi connectivity index (χ3n) is 4.20. The highest BCUT2D eigenvalue weighted by Crippen LogP contribution is 2.29. The predicted octanol–water partition coefficient (Wildman–Crippen LogP) is 2.57. The predicted molar refractivity (Wildman–Crippen MR) is 95.2 cm³/mol. The first-order valence-corrected chi connectivity index (χ1v) is 8.13. The van der Waals surface area contributed by atoms with Crippen molar-refractivity contribution >= 4 is 11.8 Å². The Labute approximate surface area is 146 Å². The Morgan fingerprint density at radius 3 is 2.48 bits per heavy atom. The van der Waals surface area contributed by atoms with Crippen molar-refractivity contribution in [1.29, 1.82) is 0 Å². The molecular weight excluding hydrogens is 316 g/mol. The molecule has 1 aliphatic heterocycles. The van der Waals surface area contributed by atoms with Gasteiger partial charge in [0.25, 0.3) is 11.8 Å². The zero-order chi connectivity index (χ0) is 17.8. The van der Waals surface area contributed by atoms with E-state index in [0.717, 1.165) is 16.9 Å². The van der Waals surface area contributed by atoms with Crippen LogP contribution in [0.2, 0.25) is 0 Å². The fourth-order valence-corrected chi connectivity index (χ4v) is 2.74. The Morgan fingerprint density at radius 2 is 1.76 bits per heavy atom. The van der Waals surface area contributed by atoms with Crippen molar-refractivity contribution in [2.75, 3.05) is 7.05 Å². The zero-order valence-corrected chi connectivity index (χ0v) is 14.3. The van der Waals surface area contributed by atoms with Crippen LogP contribution in [0.1, 0.15) is 28.4 Å². The summed E-state index contributed by atoms with van der Waals surface area (Å²) in [5, 5.41) is 5.49. The van der Waals surface area contributed by atoms with Gasteiger partial charge in [0.15, 0.2) is 0 Å². The molecule has 1 heterocycles. The maximum atomic E-state index is 12.5. The highest BCUT2D eigenvalue weighted by molar-refractivity contribution is 5.95. The minimum Gasteiger partial charge on any atom is -0.461 e. The lowest BCUT2D eigenvalue weighted by molar-refractivity contribution is -0.118. The minimum atomic E-state index is -0.137. The summed E-state index contributed by atoms with van der Waals surface area (Å²) in [6.07, 6.45) is 0.559. The monoisotopic (exact) mass is 336 g/mol. The molecule has 5 heteroatoms. The van der Waals surface area contributed by atoms with E-state index in [1.807, 2.05) is 43.3 Å². The summed E-state index contributed by atoms with van der Waals surface area (Å²) in [4.78, 5) is 24.0. The van der Waals surface area contributed by atoms with Crippen LogP contribution < -0.4 is 15.4 Å². The first-order valence-electron chi connectivity index (χ1n) is 8.13. The average molecular weight is 336 g/mol. The standard InChI is InChI=1S/C20H20N2O3/c1-13-17(11-16-5-3-4-6-18(16)25-13)20(24)22-12-14-7-9-15(10-8-14)19(23)21-2/h3-10H,11-12H2,1-2H3,(H,21,23)(H,22,24). The Bertz CT molecular complexity index is 838. The Balaban J connectivity index is 1.64. The summed E-state index contributed by atoms with van der Waals surface area (Å²) in [7, 11) is 1.59. The molecule has 0 bridgehead atoms. The van der Waals surface area contributed by atoms with E-state index in [1.54, 1.807) is 19.2 Å². The highest BCUT2D eigenvalue weighted by atomic mass is 16.5. The average Bonchev–Trinajstić information content (AvgIpc) is 2.65. The number of fused-ring (bicyclic) bond motifs is 1. The number of rotatable bonds is 4. The SMILES string of the molecule is CNC(=O)c1ccc(CNC(=O)C2=C(C)Oc3ccccc3C2)cc1. The first kappa shape index (κ1) is 16.8. The molecule has 0 saturated carbocycles. The lowest BCUT2D eigenvalue weighted by Gasteiger charge is -2.21. The van der Waals surface area contributed by atoms with Crippen LogP contribution in [0.15, 0.2) is 59.9 Å². The molecule has 0 atom stereocenters. The van der Waals surface area contributed by atoms with Crippen LogP contribution in [-0.4, -0.2) is 18.9 Å². The van der Waals surface area contributed by atoms with Gasteiger partial charge in [-0.1, -0.05) is 30.3 Å². The van der Waals surface area contributed by atoms with Crippen LogP contribution in [0.3, 0.4) is 0 Å². The largest absolute Gasteiger partial charge is 0.461 e. The molecule has 0 unspecified atom stereocenters. The third-order valence-corrected chi connectivity index (χ3v) is 4.20. The van der Waals surface area contributed by atoms with Gasteiger partial charge in [0.2, 0.25) is 0 Å². The number of carbonyl (C=O) groups excluding carboxylic acids is 2. The molecule has 0 aromatic heterocycles. The lowest BCUT2D eigenvalue weighted by atomic mass is 10.00. The number of nitrogens with one attached hydrogen (secondary N) is 2. The van der Waals surface area contributed by atoms with Gasteiger partial charge in [-0.25, -0.2) is 0 Å². The Kier molecular flexibility index (Phi) is 4.84. The van der Waals surface area contributed by atoms with Gasteiger partial charge >= 0.3 is 0 Å². The smallest absolute Gasteiger partial charge is 0.251 e. The van der Waals surface area contributed by atoms with Crippen LogP contribution >= 0.6 is 0 Å². The molecule has 2 aromatic carbocycles. The molecule has 128 valence electrons. The van der Waals surface area contributed by atoms with E-state index in [0.29, 0.717) is 29.9 Å². The molecule has 3 rings (SSSR count). The summed E-state index contributed by atoms with van der Waals surface area (Å²) in [5.41, 5.74) is 3.17. The molecule has 0 radical (unpaired) electrons. The molecule has 0 fully saturated rings. The van der Waals surface area contributed by atoms with Crippen LogP contribution in [0, 0.1) is 0 Å². The number of amides is 2. The van der Waals surface area contributed by atoms with Gasteiger partial charge in [0.05, 0.1) is 5.57 Å². The molecular formula is C20H20N2O3. The van der Waals surface area contributed by atoms with Crippen LogP contribution in [-0.2, 0) is 17.8 Å². The number of hydrogen-bond donors (Lipinski definition) is 2. The quantitative estimate of drug-likeness (QED) is 0.902. The van der Waals surface area contributed by atoms with Crippen LogP contribution in [0.5, 0.6) is 5.75 Å². The fraction of sp³-hybridized carbons (Fsp3) is 0.200. The maximum Gasteiger partial charge on any atom is 0.251 e. The Hall–Kier alpha value is -3.08. The number of hydrogen-bond acceptors (Lipinski definition) is 3. The second-order valence-corrected chi connectivity index (χ2v) is 5.88. The van der Waals surface area contributed by atoms with E-state index in [1.165, 1.54) is 0 Å². The lowest BCUT2D eigenvalue weighted by Crippen LogP contribution is -2.28. The molecule has 0 saturated heterocycles. The third kappa shape index (κ3) is 3.71. The van der Waals surface area contributed by atoms with E-state index >= 15 is 0 Å². The summed E-state index contributed by atoms with van der Waals surface area (Å²) >= 11 is 0. The van der Waals surface area contributed by atoms with Crippen molar-refractivity contribution in [1.82, 2.24) is 10.6 Å². The molecule has 5 nitrogen and oxygen atoms in total. The molecule has 25 heavy (non-hydrogen) atoms. The molecule has 1 aliphatic rings. The van der Waals surface area contributed by atoms with Crippen molar-refractivity contribution in [2.45, 2.75) is 19.9 Å². The van der Waals surface area contributed by atoms with Gasteiger partial charge in [-0.2, -0.15) is 0 Å². The van der Waals surface area contributed by atoms with Crippen molar-refractivity contribution in [3.05, 3.63) is 76.6 Å². The minimum absolute atomic E-state index is 0.130. The summed E-state index contributed by atoms with van der Waals surface area (Å²) < 4.78 is 5.75. The van der Waals surface area contributed by atoms with Gasteiger partial charge in [-0.3, -0.25) is 9.59 Å². The normalized spacial score (nSPS) is 12.9. The number of ether oxygens (including phenoxy) is 1. The van der Waals surface area contributed by atoms with Crippen LogP contribution in [0.25, 0.3) is 0 Å². The second-order valence-electron chi connectivity index (χ2n) is 5.88. The van der Waals surface area contributed by atoms with Gasteiger partial charge in [-0.15, -0.1) is 0 Å². The number of carbonyl (C=O) groups is 2. The molecule has 2 N–H and O–H groups in total. The van der Waals surface area contributed by atoms with Crippen LogP contribution in [0.4, 0.5) is 0 Å². The topological polar surface area (TPSA) is 67.4 Å². The van der Waals surface area contributed by atoms with Gasteiger partial charge in [0, 0.05) is 25.6 Å². The molecule has 2 amide bonds. The van der Waals surface area contributed by atoms with Crippen molar-refractivity contribution < 1.29 is 14.3 Å². The molecule has 2 aromatic rings. The Morgan fingerprint density at radius 1 is 1.04 bits per heavy atom. The number of para-hydroxylation sites is 1. The number of benzene rings is 2. The fourth-order valence-electron chi connectivity index (χ4n) is 2.74. The summed E-state index contributed by atoms with van der Waals surface area (Å²) in [5.74, 6) is 1.17. The van der Waals surface area contributed by atoms with E-state index in [9.17, 15) is 9.59 Å². The first-order chi connectivity index (χ1) is 12.1. The molecule has 0 aliphatic carbocycles. The maximum absolute atomic E-state index is 12.5. The van der Waals surface area contributed by atoms with E-state index < -0.39 is 0 Å². The second kappa shape index (κ2) is 7.21. The van der Waals surface area contributed by atoms with E-state index in [4.69, 9.17) is 4.74 Å². The van der Waals surface area contributed by atoms with E-state index in [-0.39, 0.29) is 11.8 Å². The zero-order valence-electron chi connectivity index (χ0n) is 14.3. The van der Waals surface area contributed by atoms with E-state index in [2.05, 4.69) is 10.6 Å². The van der Waals surface area contributed by atoms with Gasteiger partial charge < -0.3 is 15.4 Å². The van der Waals surface area contributed by atoms with Gasteiger partial charge in [-0.05, 0) is 36.2 Å². The van der Waals surface area contributed by atoms with Crippen molar-refractivity contribution in [3.8, 4) is 5.75 Å². The summed E-state index contributed by atoms with van der Waals surface area (Å²) in [6.45, 7) is 2.20. The summed E-state index contributed by atoms with van der Waals surface area (Å²) in [6, 6.07) is 14.9. The molecule has 0 spiro atoms.